The number of nitrogens with zero attached hydrogens (tertiary/aromatic N) is 1. The van der Waals surface area contributed by atoms with E-state index < -0.39 is 0 Å². The van der Waals surface area contributed by atoms with Crippen LogP contribution >= 0.6 is 0 Å². The van der Waals surface area contributed by atoms with Crippen molar-refractivity contribution in [3.8, 4) is 0 Å². The Bertz CT molecular complexity index is 834. The Hall–Kier alpha value is -2.55. The molecule has 3 nitrogen and oxygen atoms in total. The second-order valence-electron chi connectivity index (χ2n) is 4.95. The van der Waals surface area contributed by atoms with Crippen molar-refractivity contribution in [1.82, 2.24) is 4.57 Å². The summed E-state index contributed by atoms with van der Waals surface area (Å²) < 4.78 is 1.79. The van der Waals surface area contributed by atoms with Crippen LogP contribution in [-0.2, 0) is 6.54 Å². The summed E-state index contributed by atoms with van der Waals surface area (Å²) in [6.45, 7) is 2.53. The first kappa shape index (κ1) is 12.5. The lowest BCUT2D eigenvalue weighted by Crippen LogP contribution is -2.20. The Morgan fingerprint density at radius 1 is 1.00 bits per heavy atom. The van der Waals surface area contributed by atoms with Gasteiger partial charge in [0.15, 0.2) is 0 Å². The van der Waals surface area contributed by atoms with Crippen LogP contribution < -0.4 is 11.3 Å². The van der Waals surface area contributed by atoms with Crippen molar-refractivity contribution >= 4 is 16.6 Å². The third kappa shape index (κ3) is 2.07. The van der Waals surface area contributed by atoms with Gasteiger partial charge in [-0.1, -0.05) is 30.3 Å². The lowest BCUT2D eigenvalue weighted by atomic mass is 10.1. The van der Waals surface area contributed by atoms with E-state index in [0.717, 1.165) is 27.7 Å². The van der Waals surface area contributed by atoms with Crippen molar-refractivity contribution in [3.63, 3.8) is 0 Å². The molecule has 0 atom stereocenters. The molecule has 0 bridgehead atoms. The smallest absolute Gasteiger partial charge is 0.251 e. The zero-order chi connectivity index (χ0) is 14.1. The monoisotopic (exact) mass is 264 g/mol. The second kappa shape index (κ2) is 4.85. The molecule has 20 heavy (non-hydrogen) atoms. The number of fused-ring (bicyclic) bond motifs is 1. The number of hydrogen-bond donors (Lipinski definition) is 1. The number of hydrogen-bond acceptors (Lipinski definition) is 2. The first-order chi connectivity index (χ1) is 9.66. The summed E-state index contributed by atoms with van der Waals surface area (Å²) in [5.74, 6) is 0. The number of benzene rings is 2. The second-order valence-corrected chi connectivity index (χ2v) is 4.95. The molecule has 0 radical (unpaired) electrons. The van der Waals surface area contributed by atoms with Gasteiger partial charge in [0.1, 0.15) is 0 Å². The van der Waals surface area contributed by atoms with E-state index in [1.807, 2.05) is 55.5 Å². The van der Waals surface area contributed by atoms with Crippen LogP contribution in [0.5, 0.6) is 0 Å². The molecule has 0 aliphatic rings. The Labute approximate surface area is 117 Å². The van der Waals surface area contributed by atoms with Gasteiger partial charge in [0.05, 0.1) is 12.1 Å². The van der Waals surface area contributed by atoms with Gasteiger partial charge in [0.2, 0.25) is 0 Å². The minimum atomic E-state index is 0.00512. The van der Waals surface area contributed by atoms with Gasteiger partial charge < -0.3 is 10.3 Å². The minimum Gasteiger partial charge on any atom is -0.399 e. The summed E-state index contributed by atoms with van der Waals surface area (Å²) in [5.41, 5.74) is 9.76. The van der Waals surface area contributed by atoms with Gasteiger partial charge in [-0.2, -0.15) is 0 Å². The molecule has 0 saturated heterocycles. The molecule has 3 heteroatoms. The van der Waals surface area contributed by atoms with E-state index in [4.69, 9.17) is 5.73 Å². The molecule has 2 N–H and O–H groups in total. The van der Waals surface area contributed by atoms with Crippen molar-refractivity contribution in [2.24, 2.45) is 0 Å². The Kier molecular flexibility index (Phi) is 3.03. The molecule has 0 aliphatic carbocycles. The lowest BCUT2D eigenvalue weighted by Gasteiger charge is -2.13. The van der Waals surface area contributed by atoms with E-state index in [1.54, 1.807) is 10.6 Å². The molecule has 1 aromatic heterocycles. The van der Waals surface area contributed by atoms with Crippen molar-refractivity contribution in [2.45, 2.75) is 13.5 Å². The number of rotatable bonds is 2. The number of aromatic nitrogens is 1. The predicted octanol–water partition coefficient (Wildman–Crippen LogP) is 2.94. The summed E-state index contributed by atoms with van der Waals surface area (Å²) in [6.07, 6.45) is 0. The predicted molar refractivity (Wildman–Crippen MR) is 82.9 cm³/mol. The van der Waals surface area contributed by atoms with E-state index in [2.05, 4.69) is 0 Å². The Balaban J connectivity index is 2.18. The minimum absolute atomic E-state index is 0.00512. The molecular formula is C17H16N2O. The molecule has 1 heterocycles. The van der Waals surface area contributed by atoms with Gasteiger partial charge in [-0.15, -0.1) is 0 Å². The molecule has 3 rings (SSSR count). The quantitative estimate of drug-likeness (QED) is 0.723. The highest BCUT2D eigenvalue weighted by Crippen LogP contribution is 2.18. The molecule has 0 saturated carbocycles. The van der Waals surface area contributed by atoms with Crippen LogP contribution in [0.15, 0.2) is 59.4 Å². The largest absolute Gasteiger partial charge is 0.399 e. The van der Waals surface area contributed by atoms with E-state index in [0.29, 0.717) is 6.54 Å². The average Bonchev–Trinajstić information content (AvgIpc) is 2.46. The average molecular weight is 264 g/mol. The van der Waals surface area contributed by atoms with Gasteiger partial charge in [-0.3, -0.25) is 4.79 Å². The molecule has 0 unspecified atom stereocenters. The van der Waals surface area contributed by atoms with Gasteiger partial charge in [0.25, 0.3) is 5.56 Å². The maximum Gasteiger partial charge on any atom is 0.251 e. The first-order valence-electron chi connectivity index (χ1n) is 6.59. The number of para-hydroxylation sites is 1. The van der Waals surface area contributed by atoms with Crippen LogP contribution in [0.3, 0.4) is 0 Å². The molecule has 0 aliphatic heterocycles. The maximum absolute atomic E-state index is 12.2. The highest BCUT2D eigenvalue weighted by Gasteiger charge is 2.06. The molecule has 100 valence electrons. The molecule has 0 amide bonds. The zero-order valence-corrected chi connectivity index (χ0v) is 11.3. The zero-order valence-electron chi connectivity index (χ0n) is 11.3. The van der Waals surface area contributed by atoms with Gasteiger partial charge in [-0.05, 0) is 41.6 Å². The normalized spacial score (nSPS) is 10.8. The third-order valence-corrected chi connectivity index (χ3v) is 3.72. The van der Waals surface area contributed by atoms with Gasteiger partial charge in [-0.25, -0.2) is 0 Å². The number of nitrogen functional groups attached to an aromatic ring is 1. The van der Waals surface area contributed by atoms with E-state index in [-0.39, 0.29) is 5.56 Å². The molecule has 0 fully saturated rings. The molecule has 3 aromatic rings. The summed E-state index contributed by atoms with van der Waals surface area (Å²) in [5, 5.41) is 1.06. The van der Waals surface area contributed by atoms with Crippen LogP contribution in [0.2, 0.25) is 0 Å². The molecular weight excluding hydrogens is 248 g/mol. The maximum atomic E-state index is 12.2. The van der Waals surface area contributed by atoms with Crippen LogP contribution in [0.25, 0.3) is 10.9 Å². The summed E-state index contributed by atoms with van der Waals surface area (Å²) >= 11 is 0. The SMILES string of the molecule is Cc1c(N)cccc1Cn1c(=O)ccc2ccccc21. The van der Waals surface area contributed by atoms with Crippen LogP contribution in [0.1, 0.15) is 11.1 Å². The van der Waals surface area contributed by atoms with Gasteiger partial charge >= 0.3 is 0 Å². The van der Waals surface area contributed by atoms with Crippen molar-refractivity contribution in [3.05, 3.63) is 76.1 Å². The summed E-state index contributed by atoms with van der Waals surface area (Å²) in [7, 11) is 0. The van der Waals surface area contributed by atoms with Crippen LogP contribution in [0.4, 0.5) is 5.69 Å². The number of nitrogens with two attached hydrogens (primary N) is 1. The fourth-order valence-corrected chi connectivity index (χ4v) is 2.45. The summed E-state index contributed by atoms with van der Waals surface area (Å²) in [6, 6.07) is 17.2. The number of pyridine rings is 1. The highest BCUT2D eigenvalue weighted by molar-refractivity contribution is 5.78. The fraction of sp³-hybridized carbons (Fsp3) is 0.118. The highest BCUT2D eigenvalue weighted by atomic mass is 16.1. The van der Waals surface area contributed by atoms with Gasteiger partial charge in [0, 0.05) is 11.8 Å². The first-order valence-corrected chi connectivity index (χ1v) is 6.59. The van der Waals surface area contributed by atoms with E-state index in [9.17, 15) is 4.79 Å². The molecule has 0 spiro atoms. The molecule has 2 aromatic carbocycles. The van der Waals surface area contributed by atoms with Crippen molar-refractivity contribution in [2.75, 3.05) is 5.73 Å². The summed E-state index contributed by atoms with van der Waals surface area (Å²) in [4.78, 5) is 12.2. The number of anilines is 1. The van der Waals surface area contributed by atoms with Crippen molar-refractivity contribution < 1.29 is 0 Å². The standard InChI is InChI=1S/C17H16N2O/c1-12-14(6-4-7-15(12)18)11-19-16-8-3-2-5-13(16)9-10-17(19)20/h2-10H,11,18H2,1H3. The third-order valence-electron chi connectivity index (χ3n) is 3.72. The van der Waals surface area contributed by atoms with E-state index in [1.165, 1.54) is 0 Å². The Morgan fingerprint density at radius 3 is 2.65 bits per heavy atom. The fourth-order valence-electron chi connectivity index (χ4n) is 2.45. The van der Waals surface area contributed by atoms with E-state index >= 15 is 0 Å². The van der Waals surface area contributed by atoms with Crippen molar-refractivity contribution in [1.29, 1.82) is 0 Å². The van der Waals surface area contributed by atoms with Crippen LogP contribution in [0, 0.1) is 6.92 Å². The lowest BCUT2D eigenvalue weighted by molar-refractivity contribution is 0.790. The topological polar surface area (TPSA) is 48.0 Å². The Morgan fingerprint density at radius 2 is 1.80 bits per heavy atom. The van der Waals surface area contributed by atoms with Crippen LogP contribution in [-0.4, -0.2) is 4.57 Å².